The molecule has 1 aliphatic heterocycles. The minimum absolute atomic E-state index is 0.0113. The van der Waals surface area contributed by atoms with Crippen molar-refractivity contribution in [1.29, 1.82) is 0 Å². The molecule has 0 saturated heterocycles. The zero-order chi connectivity index (χ0) is 16.9. The maximum atomic E-state index is 12.9. The van der Waals surface area contributed by atoms with Gasteiger partial charge in [0.15, 0.2) is 5.78 Å². The molecule has 4 rings (SSSR count). The van der Waals surface area contributed by atoms with Crippen molar-refractivity contribution in [2.45, 2.75) is 39.0 Å². The van der Waals surface area contributed by atoms with Crippen LogP contribution in [0.15, 0.2) is 53.7 Å². The van der Waals surface area contributed by atoms with E-state index in [1.165, 1.54) is 0 Å². The summed E-state index contributed by atoms with van der Waals surface area (Å²) in [5.74, 6) is 0.0554. The Bertz CT molecular complexity index is 886. The van der Waals surface area contributed by atoms with Crippen LogP contribution < -0.4 is 5.32 Å². The predicted molar refractivity (Wildman–Crippen MR) is 94.5 cm³/mol. The Morgan fingerprint density at radius 3 is 2.58 bits per heavy atom. The van der Waals surface area contributed by atoms with Gasteiger partial charge in [-0.15, -0.1) is 0 Å². The van der Waals surface area contributed by atoms with E-state index in [-0.39, 0.29) is 23.0 Å². The third kappa shape index (κ3) is 2.44. The second kappa shape index (κ2) is 5.30. The molecule has 24 heavy (non-hydrogen) atoms. The zero-order valence-corrected chi connectivity index (χ0v) is 14.1. The lowest BCUT2D eigenvalue weighted by molar-refractivity contribution is -0.122. The Morgan fingerprint density at radius 2 is 1.75 bits per heavy atom. The first-order chi connectivity index (χ1) is 11.4. The molecule has 1 atom stereocenters. The topological polar surface area (TPSA) is 46.2 Å². The number of benzene rings is 2. The number of carbonyl (C=O) groups excluding carboxylic acids is 2. The third-order valence-corrected chi connectivity index (χ3v) is 5.15. The van der Waals surface area contributed by atoms with Gasteiger partial charge in [-0.1, -0.05) is 56.3 Å². The van der Waals surface area contributed by atoms with Gasteiger partial charge < -0.3 is 5.32 Å². The Morgan fingerprint density at radius 1 is 1.00 bits per heavy atom. The summed E-state index contributed by atoms with van der Waals surface area (Å²) in [4.78, 5) is 25.2. The number of ketones is 1. The summed E-state index contributed by atoms with van der Waals surface area (Å²) in [5, 5.41) is 5.25. The van der Waals surface area contributed by atoms with Gasteiger partial charge in [-0.05, 0) is 28.2 Å². The highest BCUT2D eigenvalue weighted by Gasteiger charge is 2.40. The van der Waals surface area contributed by atoms with E-state index in [1.807, 2.05) is 18.2 Å². The normalized spacial score (nSPS) is 23.2. The number of Topliss-reactive ketones (excluding diaryl/α,β-unsaturated/α-hetero) is 1. The van der Waals surface area contributed by atoms with Crippen LogP contribution in [0.2, 0.25) is 0 Å². The molecule has 1 aliphatic carbocycles. The fraction of sp³-hybridized carbons (Fsp3) is 0.333. The molecule has 0 unspecified atom stereocenters. The Hall–Kier alpha value is -2.42. The molecule has 2 aromatic rings. The molecule has 0 saturated carbocycles. The Labute approximate surface area is 141 Å². The molecule has 3 heteroatoms. The molecule has 1 amide bonds. The number of hydrogen-bond donors (Lipinski definition) is 1. The summed E-state index contributed by atoms with van der Waals surface area (Å²) in [6.07, 6.45) is 1.64. The molecule has 0 radical (unpaired) electrons. The second-order valence-corrected chi connectivity index (χ2v) is 7.71. The molecule has 0 aromatic heterocycles. The highest BCUT2D eigenvalue weighted by atomic mass is 16.2. The molecule has 122 valence electrons. The molecule has 1 heterocycles. The third-order valence-electron chi connectivity index (χ3n) is 5.15. The van der Waals surface area contributed by atoms with Crippen molar-refractivity contribution >= 4 is 22.5 Å². The molecule has 2 aliphatic rings. The summed E-state index contributed by atoms with van der Waals surface area (Å²) in [6.45, 7) is 4.17. The first kappa shape index (κ1) is 15.1. The summed E-state index contributed by atoms with van der Waals surface area (Å²) < 4.78 is 0. The number of fused-ring (bicyclic) bond motifs is 1. The van der Waals surface area contributed by atoms with E-state index >= 15 is 0 Å². The second-order valence-electron chi connectivity index (χ2n) is 7.71. The molecular formula is C21H21NO2. The molecule has 2 aromatic carbocycles. The van der Waals surface area contributed by atoms with Gasteiger partial charge in [-0.3, -0.25) is 9.59 Å². The van der Waals surface area contributed by atoms with E-state index in [0.29, 0.717) is 12.8 Å². The van der Waals surface area contributed by atoms with Crippen LogP contribution in [0.25, 0.3) is 10.8 Å². The van der Waals surface area contributed by atoms with E-state index in [9.17, 15) is 9.59 Å². The predicted octanol–water partition coefficient (Wildman–Crippen LogP) is 4.09. The van der Waals surface area contributed by atoms with Gasteiger partial charge in [0.2, 0.25) is 5.91 Å². The van der Waals surface area contributed by atoms with Crippen LogP contribution in [0.3, 0.4) is 0 Å². The first-order valence-electron chi connectivity index (χ1n) is 8.48. The van der Waals surface area contributed by atoms with E-state index in [0.717, 1.165) is 34.0 Å². The largest absolute Gasteiger partial charge is 0.329 e. The zero-order valence-electron chi connectivity index (χ0n) is 14.1. The van der Waals surface area contributed by atoms with Crippen LogP contribution in [-0.4, -0.2) is 11.7 Å². The van der Waals surface area contributed by atoms with Gasteiger partial charge in [0.05, 0.1) is 0 Å². The number of amides is 1. The number of nitrogens with one attached hydrogen (secondary N) is 1. The van der Waals surface area contributed by atoms with Gasteiger partial charge in [-0.2, -0.15) is 0 Å². The summed E-state index contributed by atoms with van der Waals surface area (Å²) in [6, 6.07) is 14.3. The average molecular weight is 319 g/mol. The fourth-order valence-corrected chi connectivity index (χ4v) is 4.18. The SMILES string of the molecule is CC1(C)CC(=O)C2=C(C1)NC(=O)C[C@H]2c1cccc2ccccc12. The minimum atomic E-state index is -0.136. The van der Waals surface area contributed by atoms with Crippen LogP contribution >= 0.6 is 0 Å². The lowest BCUT2D eigenvalue weighted by Gasteiger charge is -2.38. The average Bonchev–Trinajstić information content (AvgIpc) is 2.52. The van der Waals surface area contributed by atoms with E-state index < -0.39 is 0 Å². The molecule has 1 N–H and O–H groups in total. The van der Waals surface area contributed by atoms with Gasteiger partial charge >= 0.3 is 0 Å². The Kier molecular flexibility index (Phi) is 3.34. The number of hydrogen-bond acceptors (Lipinski definition) is 2. The van der Waals surface area contributed by atoms with E-state index in [2.05, 4.69) is 43.4 Å². The maximum Gasteiger partial charge on any atom is 0.225 e. The molecule has 0 fully saturated rings. The van der Waals surface area contributed by atoms with Crippen molar-refractivity contribution in [1.82, 2.24) is 5.32 Å². The number of allylic oxidation sites excluding steroid dienone is 2. The molecule has 0 bridgehead atoms. The lowest BCUT2D eigenvalue weighted by Crippen LogP contribution is -2.40. The number of carbonyl (C=O) groups is 2. The minimum Gasteiger partial charge on any atom is -0.329 e. The smallest absolute Gasteiger partial charge is 0.225 e. The van der Waals surface area contributed by atoms with Crippen molar-refractivity contribution in [2.24, 2.45) is 5.41 Å². The standard InChI is InChI=1S/C21H21NO2/c1-21(2)11-17-20(18(23)12-21)16(10-19(24)22-17)15-9-5-7-13-6-3-4-8-14(13)15/h3-9,16H,10-12H2,1-2H3,(H,22,24)/t16-/m0/s1. The number of rotatable bonds is 1. The van der Waals surface area contributed by atoms with Crippen LogP contribution in [-0.2, 0) is 9.59 Å². The monoisotopic (exact) mass is 319 g/mol. The van der Waals surface area contributed by atoms with Gasteiger partial charge in [0.25, 0.3) is 0 Å². The molecular weight excluding hydrogens is 298 g/mol. The summed E-state index contributed by atoms with van der Waals surface area (Å²) in [7, 11) is 0. The van der Waals surface area contributed by atoms with Gasteiger partial charge in [0.1, 0.15) is 0 Å². The van der Waals surface area contributed by atoms with Crippen LogP contribution in [0.4, 0.5) is 0 Å². The molecule has 0 spiro atoms. The van der Waals surface area contributed by atoms with Crippen LogP contribution in [0.5, 0.6) is 0 Å². The highest BCUT2D eigenvalue weighted by molar-refractivity contribution is 6.03. The van der Waals surface area contributed by atoms with Crippen molar-refractivity contribution < 1.29 is 9.59 Å². The summed E-state index contributed by atoms with van der Waals surface area (Å²) >= 11 is 0. The van der Waals surface area contributed by atoms with Crippen LogP contribution in [0, 0.1) is 5.41 Å². The Balaban J connectivity index is 1.90. The van der Waals surface area contributed by atoms with Crippen molar-refractivity contribution in [3.05, 3.63) is 59.3 Å². The van der Waals surface area contributed by atoms with Gasteiger partial charge in [0, 0.05) is 30.0 Å². The first-order valence-corrected chi connectivity index (χ1v) is 8.48. The van der Waals surface area contributed by atoms with E-state index in [4.69, 9.17) is 0 Å². The lowest BCUT2D eigenvalue weighted by atomic mass is 9.69. The molecule has 3 nitrogen and oxygen atoms in total. The van der Waals surface area contributed by atoms with Crippen molar-refractivity contribution in [3.8, 4) is 0 Å². The van der Waals surface area contributed by atoms with Crippen molar-refractivity contribution in [3.63, 3.8) is 0 Å². The fourth-order valence-electron chi connectivity index (χ4n) is 4.18. The summed E-state index contributed by atoms with van der Waals surface area (Å²) in [5.41, 5.74) is 2.66. The van der Waals surface area contributed by atoms with Gasteiger partial charge in [-0.25, -0.2) is 0 Å². The van der Waals surface area contributed by atoms with E-state index in [1.54, 1.807) is 0 Å². The maximum absolute atomic E-state index is 12.9. The van der Waals surface area contributed by atoms with Crippen LogP contribution in [0.1, 0.15) is 44.6 Å². The quantitative estimate of drug-likeness (QED) is 0.860. The van der Waals surface area contributed by atoms with Crippen molar-refractivity contribution in [2.75, 3.05) is 0 Å². The highest BCUT2D eigenvalue weighted by Crippen LogP contribution is 2.45.